The second-order valence-electron chi connectivity index (χ2n) is 6.95. The van der Waals surface area contributed by atoms with Crippen molar-refractivity contribution < 1.29 is 4.74 Å². The molecule has 1 aromatic carbocycles. The summed E-state index contributed by atoms with van der Waals surface area (Å²) >= 11 is 0. The first-order chi connectivity index (χ1) is 12.6. The third kappa shape index (κ3) is 5.08. The lowest BCUT2D eigenvalue weighted by atomic mass is 9.99. The average molecular weight is 355 g/mol. The fourth-order valence-corrected chi connectivity index (χ4v) is 3.17. The highest BCUT2D eigenvalue weighted by Crippen LogP contribution is 2.25. The van der Waals surface area contributed by atoms with Crippen LogP contribution in [0.3, 0.4) is 0 Å². The van der Waals surface area contributed by atoms with Crippen LogP contribution in [-0.4, -0.2) is 43.3 Å². The van der Waals surface area contributed by atoms with Crippen LogP contribution in [0.15, 0.2) is 30.3 Å². The predicted molar refractivity (Wildman–Crippen MR) is 107 cm³/mol. The fraction of sp³-hybridized carbons (Fsp3) is 0.500. The number of hydrogen-bond donors (Lipinski definition) is 2. The van der Waals surface area contributed by atoms with Crippen molar-refractivity contribution >= 4 is 23.0 Å². The van der Waals surface area contributed by atoms with Gasteiger partial charge in [-0.05, 0) is 49.9 Å². The molecule has 2 aromatic rings. The topological polar surface area (TPSA) is 62.3 Å². The summed E-state index contributed by atoms with van der Waals surface area (Å²) in [6.45, 7) is 7.89. The minimum absolute atomic E-state index is 0.641. The van der Waals surface area contributed by atoms with Crippen LogP contribution in [0.5, 0.6) is 0 Å². The Balaban J connectivity index is 1.63. The Kier molecular flexibility index (Phi) is 6.28. The van der Waals surface area contributed by atoms with E-state index in [1.54, 1.807) is 7.11 Å². The van der Waals surface area contributed by atoms with Gasteiger partial charge in [-0.25, -0.2) is 9.97 Å². The fourth-order valence-electron chi connectivity index (χ4n) is 3.17. The number of piperidine rings is 1. The highest BCUT2D eigenvalue weighted by atomic mass is 16.5. The summed E-state index contributed by atoms with van der Waals surface area (Å²) in [5, 5.41) is 6.62. The maximum atomic E-state index is 5.06. The molecule has 0 saturated carbocycles. The quantitative estimate of drug-likeness (QED) is 0.736. The maximum Gasteiger partial charge on any atom is 0.136 e. The third-order valence-corrected chi connectivity index (χ3v) is 4.74. The van der Waals surface area contributed by atoms with E-state index in [4.69, 9.17) is 4.74 Å². The van der Waals surface area contributed by atoms with Gasteiger partial charge in [0.25, 0.3) is 0 Å². The van der Waals surface area contributed by atoms with Crippen LogP contribution in [-0.2, 0) is 4.74 Å². The van der Waals surface area contributed by atoms with Crippen LogP contribution < -0.4 is 15.5 Å². The molecule has 2 heterocycles. The Morgan fingerprint density at radius 1 is 1.12 bits per heavy atom. The van der Waals surface area contributed by atoms with E-state index in [0.29, 0.717) is 6.61 Å². The molecule has 6 heteroatoms. The third-order valence-electron chi connectivity index (χ3n) is 4.74. The van der Waals surface area contributed by atoms with Gasteiger partial charge in [0.2, 0.25) is 0 Å². The van der Waals surface area contributed by atoms with Crippen molar-refractivity contribution in [2.45, 2.75) is 26.7 Å². The molecule has 0 bridgehead atoms. The van der Waals surface area contributed by atoms with Crippen molar-refractivity contribution in [3.05, 3.63) is 36.2 Å². The summed E-state index contributed by atoms with van der Waals surface area (Å²) in [7, 11) is 1.69. The number of hydrogen-bond acceptors (Lipinski definition) is 6. The standard InChI is InChI=1S/C20H29N5O/c1-15-8-11-25(12-9-15)18-6-4-17(5-7-18)24-20-14-19(21-10-13-26-3)22-16(2)23-20/h4-7,14-15H,8-13H2,1-3H3,(H2,21,22,23,24). The lowest BCUT2D eigenvalue weighted by Gasteiger charge is -2.32. The molecule has 1 aromatic heterocycles. The normalized spacial score (nSPS) is 15.1. The number of nitrogens with one attached hydrogen (secondary N) is 2. The number of ether oxygens (including phenoxy) is 1. The summed E-state index contributed by atoms with van der Waals surface area (Å²) in [5.41, 5.74) is 2.32. The van der Waals surface area contributed by atoms with E-state index in [9.17, 15) is 0 Å². The van der Waals surface area contributed by atoms with Crippen LogP contribution in [0.25, 0.3) is 0 Å². The number of methoxy groups -OCH3 is 1. The van der Waals surface area contributed by atoms with Gasteiger partial charge < -0.3 is 20.3 Å². The summed E-state index contributed by atoms with van der Waals surface area (Å²) in [6.07, 6.45) is 2.55. The van der Waals surface area contributed by atoms with Crippen LogP contribution in [0.4, 0.5) is 23.0 Å². The molecule has 1 fully saturated rings. The monoisotopic (exact) mass is 355 g/mol. The van der Waals surface area contributed by atoms with E-state index in [1.807, 2.05) is 13.0 Å². The zero-order valence-electron chi connectivity index (χ0n) is 16.0. The number of nitrogens with zero attached hydrogens (tertiary/aromatic N) is 3. The number of anilines is 4. The van der Waals surface area contributed by atoms with E-state index in [2.05, 4.69) is 56.7 Å². The minimum Gasteiger partial charge on any atom is -0.383 e. The minimum atomic E-state index is 0.641. The SMILES string of the molecule is COCCNc1cc(Nc2ccc(N3CCC(C)CC3)cc2)nc(C)n1. The van der Waals surface area contributed by atoms with Crippen molar-refractivity contribution in [1.29, 1.82) is 0 Å². The number of aryl methyl sites for hydroxylation is 1. The van der Waals surface area contributed by atoms with Gasteiger partial charge in [-0.15, -0.1) is 0 Å². The second kappa shape index (κ2) is 8.85. The van der Waals surface area contributed by atoms with Crippen molar-refractivity contribution in [3.8, 4) is 0 Å². The Morgan fingerprint density at radius 3 is 2.50 bits per heavy atom. The number of aromatic nitrogens is 2. The lowest BCUT2D eigenvalue weighted by molar-refractivity contribution is 0.210. The molecular formula is C20H29N5O. The van der Waals surface area contributed by atoms with E-state index in [1.165, 1.54) is 18.5 Å². The molecule has 26 heavy (non-hydrogen) atoms. The van der Waals surface area contributed by atoms with Crippen LogP contribution >= 0.6 is 0 Å². The summed E-state index contributed by atoms with van der Waals surface area (Å²) in [4.78, 5) is 11.3. The average Bonchev–Trinajstić information content (AvgIpc) is 2.63. The molecular weight excluding hydrogens is 326 g/mol. The van der Waals surface area contributed by atoms with Crippen LogP contribution in [0, 0.1) is 12.8 Å². The van der Waals surface area contributed by atoms with E-state index in [-0.39, 0.29) is 0 Å². The zero-order valence-corrected chi connectivity index (χ0v) is 16.0. The molecule has 0 radical (unpaired) electrons. The molecule has 1 aliphatic heterocycles. The Hall–Kier alpha value is -2.34. The van der Waals surface area contributed by atoms with Gasteiger partial charge in [0.15, 0.2) is 0 Å². The highest BCUT2D eigenvalue weighted by molar-refractivity contribution is 5.62. The Bertz CT molecular complexity index is 696. The van der Waals surface area contributed by atoms with Crippen LogP contribution in [0.2, 0.25) is 0 Å². The molecule has 0 amide bonds. The van der Waals surface area contributed by atoms with Crippen molar-refractivity contribution in [2.75, 3.05) is 48.9 Å². The predicted octanol–water partition coefficient (Wildman–Crippen LogP) is 3.82. The number of rotatable bonds is 7. The molecule has 6 nitrogen and oxygen atoms in total. The van der Waals surface area contributed by atoms with Gasteiger partial charge >= 0.3 is 0 Å². The first-order valence-corrected chi connectivity index (χ1v) is 9.34. The molecule has 0 atom stereocenters. The van der Waals surface area contributed by atoms with E-state index >= 15 is 0 Å². The van der Waals surface area contributed by atoms with Gasteiger partial charge in [-0.3, -0.25) is 0 Å². The van der Waals surface area contributed by atoms with Gasteiger partial charge in [-0.1, -0.05) is 6.92 Å². The largest absolute Gasteiger partial charge is 0.383 e. The summed E-state index contributed by atoms with van der Waals surface area (Å²) in [6, 6.07) is 10.5. The lowest BCUT2D eigenvalue weighted by Crippen LogP contribution is -2.32. The Morgan fingerprint density at radius 2 is 1.81 bits per heavy atom. The van der Waals surface area contributed by atoms with Crippen LogP contribution in [0.1, 0.15) is 25.6 Å². The molecule has 3 rings (SSSR count). The zero-order chi connectivity index (χ0) is 18.4. The van der Waals surface area contributed by atoms with E-state index in [0.717, 1.165) is 48.7 Å². The van der Waals surface area contributed by atoms with Crippen molar-refractivity contribution in [2.24, 2.45) is 5.92 Å². The van der Waals surface area contributed by atoms with Gasteiger partial charge in [0.05, 0.1) is 6.61 Å². The molecule has 2 N–H and O–H groups in total. The molecule has 1 saturated heterocycles. The molecule has 0 aliphatic carbocycles. The first kappa shape index (κ1) is 18.5. The van der Waals surface area contributed by atoms with Gasteiger partial charge in [0.1, 0.15) is 17.5 Å². The van der Waals surface area contributed by atoms with Crippen molar-refractivity contribution in [3.63, 3.8) is 0 Å². The second-order valence-corrected chi connectivity index (χ2v) is 6.95. The van der Waals surface area contributed by atoms with Crippen molar-refractivity contribution in [1.82, 2.24) is 9.97 Å². The first-order valence-electron chi connectivity index (χ1n) is 9.34. The molecule has 1 aliphatic rings. The van der Waals surface area contributed by atoms with E-state index < -0.39 is 0 Å². The smallest absolute Gasteiger partial charge is 0.136 e. The van der Waals surface area contributed by atoms with Gasteiger partial charge in [-0.2, -0.15) is 0 Å². The van der Waals surface area contributed by atoms with Gasteiger partial charge in [0, 0.05) is 44.2 Å². The Labute approximate surface area is 156 Å². The summed E-state index contributed by atoms with van der Waals surface area (Å²) in [5.74, 6) is 3.17. The molecule has 140 valence electrons. The maximum absolute atomic E-state index is 5.06. The molecule has 0 spiro atoms. The molecule has 0 unspecified atom stereocenters. The highest BCUT2D eigenvalue weighted by Gasteiger charge is 2.15. The number of benzene rings is 1. The summed E-state index contributed by atoms with van der Waals surface area (Å²) < 4.78 is 5.06.